The summed E-state index contributed by atoms with van der Waals surface area (Å²) < 4.78 is 0. The van der Waals surface area contributed by atoms with Gasteiger partial charge in [-0.1, -0.05) is 89.6 Å². The Hall–Kier alpha value is -5.31. The lowest BCUT2D eigenvalue weighted by atomic mass is 9.55. The molecular formula is C61H40O2. The van der Waals surface area contributed by atoms with Gasteiger partial charge in [-0.25, -0.2) is 0 Å². The van der Waals surface area contributed by atoms with Gasteiger partial charge in [-0.15, -0.1) is 0 Å². The first-order valence-electron chi connectivity index (χ1n) is 25.0. The number of benzene rings is 4. The average molecular weight is 805 g/mol. The first-order valence-corrected chi connectivity index (χ1v) is 25.0. The zero-order chi connectivity index (χ0) is 39.6. The number of aliphatic hydroxyl groups excluding tert-OH is 1. The van der Waals surface area contributed by atoms with E-state index in [4.69, 9.17) is 0 Å². The summed E-state index contributed by atoms with van der Waals surface area (Å²) in [6, 6.07) is 12.0. The van der Waals surface area contributed by atoms with Gasteiger partial charge in [0.2, 0.25) is 0 Å². The molecule has 2 saturated carbocycles. The van der Waals surface area contributed by atoms with Gasteiger partial charge in [-0.3, -0.25) is 4.79 Å². The normalized spacial score (nSPS) is 43.1. The minimum Gasteiger partial charge on any atom is -0.389 e. The molecule has 2 heteroatoms. The van der Waals surface area contributed by atoms with Crippen LogP contribution in [-0.4, -0.2) is 17.5 Å². The van der Waals surface area contributed by atoms with Gasteiger partial charge >= 0.3 is 0 Å². The van der Waals surface area contributed by atoms with E-state index in [0.717, 1.165) is 12.8 Å². The number of carbonyl (C=O) groups is 1. The smallest absolute Gasteiger partial charge is 0.158 e. The highest BCUT2D eigenvalue weighted by molar-refractivity contribution is 6.33. The topological polar surface area (TPSA) is 37.3 Å². The van der Waals surface area contributed by atoms with Crippen LogP contribution in [0.15, 0.2) is 101 Å². The van der Waals surface area contributed by atoms with Crippen LogP contribution in [0.3, 0.4) is 0 Å². The molecule has 0 radical (unpaired) electrons. The van der Waals surface area contributed by atoms with Crippen LogP contribution in [0.1, 0.15) is 153 Å². The molecule has 0 heterocycles. The number of carbonyl (C=O) groups excluding carboxylic acids is 1. The number of ketones is 1. The molecule has 0 amide bonds. The Balaban J connectivity index is 1.06. The maximum atomic E-state index is 13.3. The summed E-state index contributed by atoms with van der Waals surface area (Å²) in [4.78, 5) is 13.3. The first-order chi connectivity index (χ1) is 31.2. The van der Waals surface area contributed by atoms with E-state index in [1.165, 1.54) is 31.2 Å². The molecule has 14 atom stereocenters. The van der Waals surface area contributed by atoms with Crippen molar-refractivity contribution in [3.8, 4) is 11.1 Å². The third-order valence-electron chi connectivity index (χ3n) is 23.3. The van der Waals surface area contributed by atoms with Gasteiger partial charge in [0.15, 0.2) is 5.78 Å². The third-order valence-corrected chi connectivity index (χ3v) is 23.3. The molecule has 1 N–H and O–H groups in total. The van der Waals surface area contributed by atoms with Crippen molar-refractivity contribution in [3.05, 3.63) is 173 Å². The zero-order valence-electron chi connectivity index (χ0n) is 34.8. The van der Waals surface area contributed by atoms with Crippen molar-refractivity contribution in [3.63, 3.8) is 0 Å². The van der Waals surface area contributed by atoms with E-state index in [2.05, 4.69) is 72.9 Å². The second kappa shape index (κ2) is 8.17. The van der Waals surface area contributed by atoms with Gasteiger partial charge < -0.3 is 5.11 Å². The quantitative estimate of drug-likeness (QED) is 0.197. The lowest BCUT2D eigenvalue weighted by Crippen LogP contribution is -2.39. The first kappa shape index (κ1) is 29.9. The van der Waals surface area contributed by atoms with Crippen molar-refractivity contribution in [2.75, 3.05) is 6.61 Å². The summed E-state index contributed by atoms with van der Waals surface area (Å²) in [6.07, 6.45) is 26.6. The van der Waals surface area contributed by atoms with Gasteiger partial charge in [0.1, 0.15) is 6.61 Å². The van der Waals surface area contributed by atoms with Crippen LogP contribution in [0.2, 0.25) is 0 Å². The summed E-state index contributed by atoms with van der Waals surface area (Å²) in [5.74, 6) is 5.60. The lowest BCUT2D eigenvalue weighted by Gasteiger charge is -2.48. The van der Waals surface area contributed by atoms with Gasteiger partial charge in [0.05, 0.1) is 0 Å². The molecule has 0 saturated heterocycles. The van der Waals surface area contributed by atoms with E-state index in [1.54, 1.807) is 111 Å². The molecule has 2 fully saturated rings. The lowest BCUT2D eigenvalue weighted by molar-refractivity contribution is -0.121. The summed E-state index contributed by atoms with van der Waals surface area (Å²) >= 11 is 0. The molecule has 18 aliphatic rings. The van der Waals surface area contributed by atoms with Gasteiger partial charge in [-0.2, -0.15) is 0 Å². The molecule has 14 unspecified atom stereocenters. The molecule has 2 nitrogen and oxygen atoms in total. The number of hydrogen-bond donors (Lipinski definition) is 1. The van der Waals surface area contributed by atoms with Crippen molar-refractivity contribution >= 4 is 38.8 Å². The van der Waals surface area contributed by atoms with Crippen LogP contribution in [0.25, 0.3) is 44.2 Å². The number of fused-ring (bicyclic) bond motifs is 2. The Morgan fingerprint density at radius 1 is 0.714 bits per heavy atom. The maximum Gasteiger partial charge on any atom is 0.158 e. The van der Waals surface area contributed by atoms with Gasteiger partial charge in [0.25, 0.3) is 0 Å². The van der Waals surface area contributed by atoms with Crippen LogP contribution in [0.5, 0.6) is 0 Å². The molecule has 296 valence electrons. The Kier molecular flexibility index (Phi) is 3.88. The SMILES string of the molecule is O=C(CO)CCCC1(c2ccccc2)C23c4c5c6c7c8c4C4C9=C8C=CC7C7C=C8CC%10CC%11=C%12C%13=C%10C8C(c8c-5c2c2c5c%10c(c%12c2c8%13)C(C%11)CC%10C=CC2=C5C13C4C2C=C9)C67. The summed E-state index contributed by atoms with van der Waals surface area (Å²) in [7, 11) is 0. The predicted octanol–water partition coefficient (Wildman–Crippen LogP) is 11.7. The van der Waals surface area contributed by atoms with Crippen molar-refractivity contribution in [2.45, 2.75) is 91.3 Å². The number of hydrogen-bond acceptors (Lipinski definition) is 2. The van der Waals surface area contributed by atoms with E-state index in [0.29, 0.717) is 71.5 Å². The fourth-order valence-corrected chi connectivity index (χ4v) is 23.1. The largest absolute Gasteiger partial charge is 0.389 e. The number of Topliss-reactive ketones (excluding diaryl/α,β-unsaturated/α-hetero) is 1. The summed E-state index contributed by atoms with van der Waals surface area (Å²) in [6.45, 7) is -0.351. The van der Waals surface area contributed by atoms with E-state index in [9.17, 15) is 9.90 Å². The number of allylic oxidation sites excluding steroid dienone is 16. The highest BCUT2D eigenvalue weighted by Crippen LogP contribution is 3.01. The Bertz CT molecular complexity index is 3730. The second-order valence-electron chi connectivity index (χ2n) is 23.9. The third kappa shape index (κ3) is 2.20. The molecule has 0 aliphatic heterocycles. The number of rotatable bonds is 6. The molecule has 22 rings (SSSR count). The zero-order valence-corrected chi connectivity index (χ0v) is 34.8. The van der Waals surface area contributed by atoms with Crippen molar-refractivity contribution in [2.24, 2.45) is 35.0 Å². The molecule has 0 aromatic heterocycles. The van der Waals surface area contributed by atoms with Crippen LogP contribution < -0.4 is 0 Å². The van der Waals surface area contributed by atoms with E-state index < -0.39 is 0 Å². The van der Waals surface area contributed by atoms with Crippen molar-refractivity contribution in [1.82, 2.24) is 0 Å². The highest BCUT2D eigenvalue weighted by Gasteiger charge is 2.98. The molecule has 2 spiro atoms. The molecule has 18 aliphatic carbocycles. The second-order valence-corrected chi connectivity index (χ2v) is 23.9. The number of aliphatic hydroxyl groups is 1. The van der Waals surface area contributed by atoms with Crippen molar-refractivity contribution in [1.29, 1.82) is 0 Å². The highest BCUT2D eigenvalue weighted by atomic mass is 16.3. The maximum absolute atomic E-state index is 13.3. The fraction of sp³-hybridized carbons (Fsp3) is 0.361. The average Bonchev–Trinajstić information content (AvgIpc) is 4.04. The summed E-state index contributed by atoms with van der Waals surface area (Å²) in [5.41, 5.74) is 41.5. The fourth-order valence-electron chi connectivity index (χ4n) is 23.1. The van der Waals surface area contributed by atoms with E-state index in [1.807, 2.05) is 27.8 Å². The van der Waals surface area contributed by atoms with Gasteiger partial charge in [-0.05, 0) is 196 Å². The standard InChI is InChI=1S/C61H40O2/c62-20-27(63)7-4-14-59(26-5-2-1-3-6-26)60-55-32-13-12-29-28-10-11-30-33-19-25-18-23-17-24-16-22-15-21-8-9-31(32)56(60)50-34(21)35(22)44-38(24)43-36(23)37(25)45-41(33)46-39(30)40(28)51(42(29)55)57-52(46)54-49(45)47(43)48(44)53(50)58(54)61(57,59)60/h1-3,5-6,8-13,19,21-23,30,32-33,37,41-42,45,55,62H,4,7,14-18,20H2. The minimum atomic E-state index is -0.351. The van der Waals surface area contributed by atoms with E-state index >= 15 is 0 Å². The molecule has 4 aromatic carbocycles. The van der Waals surface area contributed by atoms with Gasteiger partial charge in [0, 0.05) is 58.2 Å². The van der Waals surface area contributed by atoms with Crippen LogP contribution in [-0.2, 0) is 15.6 Å². The van der Waals surface area contributed by atoms with Crippen LogP contribution in [0, 0.1) is 35.0 Å². The predicted molar refractivity (Wildman–Crippen MR) is 242 cm³/mol. The van der Waals surface area contributed by atoms with E-state index in [-0.39, 0.29) is 28.6 Å². The molecule has 4 aromatic rings. The van der Waals surface area contributed by atoms with Crippen LogP contribution >= 0.6 is 0 Å². The Morgan fingerprint density at radius 3 is 2.49 bits per heavy atom. The van der Waals surface area contributed by atoms with Crippen molar-refractivity contribution < 1.29 is 9.90 Å². The molecular weight excluding hydrogens is 765 g/mol. The Morgan fingerprint density at radius 2 is 1.57 bits per heavy atom. The molecule has 63 heavy (non-hydrogen) atoms. The molecule has 0 bridgehead atoms. The Labute approximate surface area is 364 Å². The monoisotopic (exact) mass is 804 g/mol. The van der Waals surface area contributed by atoms with Crippen LogP contribution in [0.4, 0.5) is 0 Å². The minimum absolute atomic E-state index is 0.00177. The summed E-state index contributed by atoms with van der Waals surface area (Å²) in [5, 5.41) is 13.7.